The van der Waals surface area contributed by atoms with Crippen LogP contribution in [0.1, 0.15) is 43.0 Å². The van der Waals surface area contributed by atoms with Crippen molar-refractivity contribution < 1.29 is 14.6 Å². The maximum atomic E-state index is 13.7. The first-order valence-electron chi connectivity index (χ1n) is 12.2. The van der Waals surface area contributed by atoms with Gasteiger partial charge in [-0.25, -0.2) is 0 Å². The van der Waals surface area contributed by atoms with Crippen LogP contribution in [-0.4, -0.2) is 22.7 Å². The Morgan fingerprint density at radius 1 is 0.722 bits per heavy atom. The van der Waals surface area contributed by atoms with Crippen molar-refractivity contribution in [2.45, 2.75) is 44.4 Å². The second-order valence-corrected chi connectivity index (χ2v) is 9.95. The van der Waals surface area contributed by atoms with E-state index < -0.39 is 17.2 Å². The maximum absolute atomic E-state index is 13.7. The molecule has 0 spiro atoms. The molecule has 0 unspecified atom stereocenters. The molecule has 0 amide bonds. The van der Waals surface area contributed by atoms with Crippen molar-refractivity contribution in [1.29, 1.82) is 0 Å². The molecule has 1 atom stereocenters. The van der Waals surface area contributed by atoms with E-state index in [9.17, 15) is 9.90 Å². The number of carbonyl (C=O) groups is 1. The number of esters is 1. The highest BCUT2D eigenvalue weighted by Crippen LogP contribution is 2.37. The monoisotopic (exact) mass is 479 g/mol. The molecule has 0 aliphatic rings. The number of benzene rings is 4. The van der Waals surface area contributed by atoms with Gasteiger partial charge >= 0.3 is 5.97 Å². The van der Waals surface area contributed by atoms with Gasteiger partial charge < -0.3 is 9.84 Å². The van der Waals surface area contributed by atoms with Crippen molar-refractivity contribution in [1.82, 2.24) is 5.32 Å². The Morgan fingerprint density at radius 3 is 1.53 bits per heavy atom. The van der Waals surface area contributed by atoms with Gasteiger partial charge in [0.2, 0.25) is 0 Å². The zero-order chi connectivity index (χ0) is 25.6. The standard InChI is InChI=1S/C32H33NO3/c1-31(2,3)36-30(35)29(23-24-19-21-28(34)22-20-24)33-32(25-13-7-4-8-14-25,26-15-9-5-10-16-26)27-17-11-6-12-18-27/h4-22,29,33-34H,23H2,1-3H3/t29-/m0/s1. The Labute approximate surface area is 213 Å². The van der Waals surface area contributed by atoms with Crippen molar-refractivity contribution >= 4 is 5.97 Å². The normalized spacial score (nSPS) is 12.6. The van der Waals surface area contributed by atoms with Crippen molar-refractivity contribution in [2.24, 2.45) is 0 Å². The van der Waals surface area contributed by atoms with E-state index in [1.165, 1.54) is 0 Å². The van der Waals surface area contributed by atoms with E-state index in [0.717, 1.165) is 22.3 Å². The van der Waals surface area contributed by atoms with Gasteiger partial charge in [0.05, 0.1) is 5.54 Å². The van der Waals surface area contributed by atoms with Crippen molar-refractivity contribution in [3.8, 4) is 5.75 Å². The summed E-state index contributed by atoms with van der Waals surface area (Å²) in [5, 5.41) is 13.5. The topological polar surface area (TPSA) is 58.6 Å². The molecular weight excluding hydrogens is 446 g/mol. The molecule has 0 saturated heterocycles. The third-order valence-electron chi connectivity index (χ3n) is 6.08. The number of rotatable bonds is 8. The van der Waals surface area contributed by atoms with Crippen LogP contribution in [0.3, 0.4) is 0 Å². The second-order valence-electron chi connectivity index (χ2n) is 9.95. The van der Waals surface area contributed by atoms with Crippen LogP contribution in [-0.2, 0) is 21.5 Å². The van der Waals surface area contributed by atoms with E-state index in [1.807, 2.05) is 87.5 Å². The molecule has 0 bridgehead atoms. The number of ether oxygens (including phenoxy) is 1. The van der Waals surface area contributed by atoms with Crippen LogP contribution in [0.15, 0.2) is 115 Å². The highest BCUT2D eigenvalue weighted by atomic mass is 16.6. The van der Waals surface area contributed by atoms with E-state index in [1.54, 1.807) is 12.1 Å². The minimum Gasteiger partial charge on any atom is -0.508 e. The van der Waals surface area contributed by atoms with Crippen LogP contribution < -0.4 is 5.32 Å². The van der Waals surface area contributed by atoms with Gasteiger partial charge in [-0.1, -0.05) is 103 Å². The molecule has 4 rings (SSSR count). The number of phenolic OH excluding ortho intramolecular Hbond substituents is 1. The molecule has 0 aliphatic heterocycles. The van der Waals surface area contributed by atoms with Gasteiger partial charge in [0.15, 0.2) is 0 Å². The van der Waals surface area contributed by atoms with Crippen molar-refractivity contribution in [3.05, 3.63) is 138 Å². The molecule has 0 fully saturated rings. The third kappa shape index (κ3) is 5.84. The van der Waals surface area contributed by atoms with E-state index in [0.29, 0.717) is 6.42 Å². The molecule has 0 heterocycles. The Morgan fingerprint density at radius 2 is 1.14 bits per heavy atom. The van der Waals surface area contributed by atoms with Gasteiger partial charge in [-0.2, -0.15) is 0 Å². The van der Waals surface area contributed by atoms with E-state index in [4.69, 9.17) is 4.74 Å². The molecule has 4 aromatic carbocycles. The Bertz CT molecular complexity index is 1150. The first-order chi connectivity index (χ1) is 17.3. The minimum absolute atomic E-state index is 0.188. The predicted molar refractivity (Wildman–Crippen MR) is 144 cm³/mol. The molecule has 4 heteroatoms. The number of nitrogens with one attached hydrogen (secondary N) is 1. The van der Waals surface area contributed by atoms with Crippen LogP contribution in [0.2, 0.25) is 0 Å². The van der Waals surface area contributed by atoms with Crippen LogP contribution >= 0.6 is 0 Å². The number of hydrogen-bond acceptors (Lipinski definition) is 4. The highest BCUT2D eigenvalue weighted by molar-refractivity contribution is 5.77. The van der Waals surface area contributed by atoms with Gasteiger partial charge in [-0.05, 0) is 61.6 Å². The van der Waals surface area contributed by atoms with Gasteiger partial charge in [0.25, 0.3) is 0 Å². The Kier molecular flexibility index (Phi) is 7.56. The summed E-state index contributed by atoms with van der Waals surface area (Å²) in [6, 6.07) is 36.8. The average molecular weight is 480 g/mol. The summed E-state index contributed by atoms with van der Waals surface area (Å²) in [6.07, 6.45) is 0.392. The summed E-state index contributed by atoms with van der Waals surface area (Å²) in [7, 11) is 0. The summed E-state index contributed by atoms with van der Waals surface area (Å²) in [6.45, 7) is 5.63. The number of hydrogen-bond donors (Lipinski definition) is 2. The summed E-state index contributed by atoms with van der Waals surface area (Å²) < 4.78 is 5.90. The smallest absolute Gasteiger partial charge is 0.324 e. The lowest BCUT2D eigenvalue weighted by molar-refractivity contribution is -0.157. The quantitative estimate of drug-likeness (QED) is 0.232. The molecule has 36 heavy (non-hydrogen) atoms. The molecule has 0 aromatic heterocycles. The Hall–Kier alpha value is -3.89. The predicted octanol–water partition coefficient (Wildman–Crippen LogP) is 6.23. The molecule has 0 saturated carbocycles. The Balaban J connectivity index is 1.89. The molecule has 0 aliphatic carbocycles. The van der Waals surface area contributed by atoms with Crippen LogP contribution in [0, 0.1) is 0 Å². The number of carbonyl (C=O) groups excluding carboxylic acids is 1. The molecule has 2 N–H and O–H groups in total. The molecule has 0 radical (unpaired) electrons. The minimum atomic E-state index is -0.817. The zero-order valence-electron chi connectivity index (χ0n) is 21.0. The lowest BCUT2D eigenvalue weighted by atomic mass is 9.76. The fraction of sp³-hybridized carbons (Fsp3) is 0.219. The fourth-order valence-corrected chi connectivity index (χ4v) is 4.51. The van der Waals surface area contributed by atoms with Gasteiger partial charge in [0.1, 0.15) is 17.4 Å². The van der Waals surface area contributed by atoms with Crippen LogP contribution in [0.4, 0.5) is 0 Å². The van der Waals surface area contributed by atoms with Gasteiger partial charge in [0, 0.05) is 0 Å². The maximum Gasteiger partial charge on any atom is 0.324 e. The largest absolute Gasteiger partial charge is 0.508 e. The molecule has 4 nitrogen and oxygen atoms in total. The SMILES string of the molecule is CC(C)(C)OC(=O)[C@H](Cc1ccc(O)cc1)NC(c1ccccc1)(c1ccccc1)c1ccccc1. The van der Waals surface area contributed by atoms with Gasteiger partial charge in [-0.3, -0.25) is 10.1 Å². The highest BCUT2D eigenvalue weighted by Gasteiger charge is 2.40. The van der Waals surface area contributed by atoms with E-state index in [2.05, 4.69) is 41.7 Å². The second kappa shape index (κ2) is 10.8. The number of aromatic hydroxyl groups is 1. The summed E-state index contributed by atoms with van der Waals surface area (Å²) in [4.78, 5) is 13.7. The van der Waals surface area contributed by atoms with E-state index >= 15 is 0 Å². The summed E-state index contributed by atoms with van der Waals surface area (Å²) in [5.41, 5.74) is 2.51. The molecule has 4 aromatic rings. The molecule has 184 valence electrons. The number of phenols is 1. The van der Waals surface area contributed by atoms with Crippen molar-refractivity contribution in [3.63, 3.8) is 0 Å². The zero-order valence-corrected chi connectivity index (χ0v) is 21.0. The molecular formula is C32H33NO3. The third-order valence-corrected chi connectivity index (χ3v) is 6.08. The fourth-order valence-electron chi connectivity index (χ4n) is 4.51. The first kappa shape index (κ1) is 25.2. The van der Waals surface area contributed by atoms with Crippen LogP contribution in [0.25, 0.3) is 0 Å². The van der Waals surface area contributed by atoms with E-state index in [-0.39, 0.29) is 11.7 Å². The van der Waals surface area contributed by atoms with Gasteiger partial charge in [-0.15, -0.1) is 0 Å². The van der Waals surface area contributed by atoms with Crippen LogP contribution in [0.5, 0.6) is 5.75 Å². The first-order valence-corrected chi connectivity index (χ1v) is 12.2. The lowest BCUT2D eigenvalue weighted by Crippen LogP contribution is -2.54. The summed E-state index contributed by atoms with van der Waals surface area (Å²) in [5.74, 6) is -0.143. The summed E-state index contributed by atoms with van der Waals surface area (Å²) >= 11 is 0. The average Bonchev–Trinajstić information content (AvgIpc) is 2.88. The lowest BCUT2D eigenvalue weighted by Gasteiger charge is -2.40. The van der Waals surface area contributed by atoms with Crippen molar-refractivity contribution in [2.75, 3.05) is 0 Å².